The molecular formula is C20H31Cl2N3O. The summed E-state index contributed by atoms with van der Waals surface area (Å²) in [6.07, 6.45) is 4.28. The monoisotopic (exact) mass is 399 g/mol. The van der Waals surface area contributed by atoms with Gasteiger partial charge in [-0.05, 0) is 57.2 Å². The van der Waals surface area contributed by atoms with E-state index in [1.54, 1.807) is 0 Å². The van der Waals surface area contributed by atoms with E-state index in [1.165, 1.54) is 0 Å². The van der Waals surface area contributed by atoms with Gasteiger partial charge in [0.25, 0.3) is 0 Å². The standard InChI is InChI=1S/C20H29N3O.2ClH/c1-16(2)24-19-5-3-4-17(14-19)20(15-21)8-6-18(7-9-20)23-12-10-22-11-13-23;;/h3-5,14,16,18,22H,6-13H2,1-2H3;2*1H/t18-,20+;;. The minimum Gasteiger partial charge on any atom is -0.491 e. The van der Waals surface area contributed by atoms with Crippen molar-refractivity contribution in [3.05, 3.63) is 29.8 Å². The summed E-state index contributed by atoms with van der Waals surface area (Å²) in [6.45, 7) is 8.53. The highest BCUT2D eigenvalue weighted by molar-refractivity contribution is 5.85. The molecule has 146 valence electrons. The van der Waals surface area contributed by atoms with Crippen LogP contribution in [0, 0.1) is 11.3 Å². The maximum atomic E-state index is 9.95. The molecule has 6 heteroatoms. The molecule has 0 radical (unpaired) electrons. The van der Waals surface area contributed by atoms with E-state index in [9.17, 15) is 5.26 Å². The van der Waals surface area contributed by atoms with E-state index < -0.39 is 0 Å². The zero-order valence-electron chi connectivity index (χ0n) is 15.7. The van der Waals surface area contributed by atoms with E-state index in [4.69, 9.17) is 4.74 Å². The normalized spacial score (nSPS) is 26.3. The lowest BCUT2D eigenvalue weighted by Crippen LogP contribution is -2.50. The number of rotatable bonds is 4. The van der Waals surface area contributed by atoms with Crippen molar-refractivity contribution in [1.29, 1.82) is 5.26 Å². The van der Waals surface area contributed by atoms with Crippen molar-refractivity contribution in [3.63, 3.8) is 0 Å². The van der Waals surface area contributed by atoms with Crippen molar-refractivity contribution < 1.29 is 4.74 Å². The fourth-order valence-corrected chi connectivity index (χ4v) is 4.11. The number of piperazine rings is 1. The van der Waals surface area contributed by atoms with Gasteiger partial charge in [0.1, 0.15) is 5.75 Å². The Bertz CT molecular complexity index is 589. The molecule has 1 N–H and O–H groups in total. The minimum atomic E-state index is -0.346. The van der Waals surface area contributed by atoms with Crippen molar-refractivity contribution in [1.82, 2.24) is 10.2 Å². The molecule has 1 heterocycles. The van der Waals surface area contributed by atoms with Gasteiger partial charge in [0.15, 0.2) is 0 Å². The molecule has 4 nitrogen and oxygen atoms in total. The lowest BCUT2D eigenvalue weighted by molar-refractivity contribution is 0.122. The smallest absolute Gasteiger partial charge is 0.120 e. The number of nitrogens with one attached hydrogen (secondary N) is 1. The molecule has 1 saturated heterocycles. The van der Waals surface area contributed by atoms with E-state index >= 15 is 0 Å². The number of nitriles is 1. The number of nitrogens with zero attached hydrogens (tertiary/aromatic N) is 2. The van der Waals surface area contributed by atoms with Gasteiger partial charge in [-0.3, -0.25) is 4.90 Å². The second-order valence-corrected chi connectivity index (χ2v) is 7.41. The Morgan fingerprint density at radius 1 is 1.19 bits per heavy atom. The van der Waals surface area contributed by atoms with Crippen molar-refractivity contribution in [2.45, 2.75) is 57.1 Å². The van der Waals surface area contributed by atoms with Gasteiger partial charge >= 0.3 is 0 Å². The highest BCUT2D eigenvalue weighted by Crippen LogP contribution is 2.41. The van der Waals surface area contributed by atoms with E-state index in [1.807, 2.05) is 26.0 Å². The lowest BCUT2D eigenvalue weighted by atomic mass is 9.69. The zero-order chi connectivity index (χ0) is 17.0. The van der Waals surface area contributed by atoms with Gasteiger partial charge in [-0.25, -0.2) is 0 Å². The van der Waals surface area contributed by atoms with Gasteiger partial charge in [0.2, 0.25) is 0 Å². The van der Waals surface area contributed by atoms with Gasteiger partial charge in [-0.2, -0.15) is 5.26 Å². The highest BCUT2D eigenvalue weighted by Gasteiger charge is 2.39. The topological polar surface area (TPSA) is 48.3 Å². The van der Waals surface area contributed by atoms with Gasteiger partial charge in [-0.1, -0.05) is 12.1 Å². The quantitative estimate of drug-likeness (QED) is 0.832. The summed E-state index contributed by atoms with van der Waals surface area (Å²) in [5.74, 6) is 0.876. The average Bonchev–Trinajstić information content (AvgIpc) is 2.62. The molecule has 26 heavy (non-hydrogen) atoms. The predicted molar refractivity (Wildman–Crippen MR) is 111 cm³/mol. The molecule has 1 aliphatic carbocycles. The molecule has 0 aromatic heterocycles. The van der Waals surface area contributed by atoms with Crippen molar-refractivity contribution >= 4 is 24.8 Å². The Balaban J connectivity index is 0.00000169. The summed E-state index contributed by atoms with van der Waals surface area (Å²) in [6, 6.07) is 11.5. The molecule has 1 aromatic rings. The highest BCUT2D eigenvalue weighted by atomic mass is 35.5. The van der Waals surface area contributed by atoms with Crippen molar-refractivity contribution in [2.24, 2.45) is 0 Å². The molecule has 0 bridgehead atoms. The minimum absolute atomic E-state index is 0. The Hall–Kier alpha value is -0.990. The summed E-state index contributed by atoms with van der Waals surface area (Å²) in [7, 11) is 0. The van der Waals surface area contributed by atoms with Gasteiger partial charge in [0, 0.05) is 32.2 Å². The second kappa shape index (κ2) is 10.4. The van der Waals surface area contributed by atoms with Crippen LogP contribution in [0.5, 0.6) is 5.75 Å². The predicted octanol–water partition coefficient (Wildman–Crippen LogP) is 3.93. The molecular weight excluding hydrogens is 369 g/mol. The number of halogens is 2. The largest absolute Gasteiger partial charge is 0.491 e. The first kappa shape index (κ1) is 23.0. The second-order valence-electron chi connectivity index (χ2n) is 7.41. The molecule has 0 spiro atoms. The average molecular weight is 400 g/mol. The van der Waals surface area contributed by atoms with Crippen LogP contribution in [-0.4, -0.2) is 43.2 Å². The van der Waals surface area contributed by atoms with Gasteiger partial charge < -0.3 is 10.1 Å². The number of hydrogen-bond donors (Lipinski definition) is 1. The molecule has 0 atom stereocenters. The Morgan fingerprint density at radius 3 is 2.42 bits per heavy atom. The Morgan fingerprint density at radius 2 is 1.85 bits per heavy atom. The number of benzene rings is 1. The molecule has 3 rings (SSSR count). The van der Waals surface area contributed by atoms with E-state index in [-0.39, 0.29) is 36.3 Å². The molecule has 2 fully saturated rings. The first-order valence-electron chi connectivity index (χ1n) is 9.26. The van der Waals surface area contributed by atoms with Crippen LogP contribution in [0.15, 0.2) is 24.3 Å². The van der Waals surface area contributed by atoms with Gasteiger partial charge in [-0.15, -0.1) is 24.8 Å². The Kier molecular flexibility index (Phi) is 9.19. The summed E-state index contributed by atoms with van der Waals surface area (Å²) in [5.41, 5.74) is 0.780. The van der Waals surface area contributed by atoms with Crippen LogP contribution in [-0.2, 0) is 5.41 Å². The molecule has 2 aliphatic rings. The molecule has 1 aromatic carbocycles. The Labute approximate surface area is 170 Å². The SMILES string of the molecule is CC(C)Oc1cccc([C@]2(C#N)CC[C@H](N3CCNCC3)CC2)c1.Cl.Cl. The maximum absolute atomic E-state index is 9.95. The van der Waals surface area contributed by atoms with Crippen LogP contribution >= 0.6 is 24.8 Å². The summed E-state index contributed by atoms with van der Waals surface area (Å²) < 4.78 is 5.83. The first-order valence-corrected chi connectivity index (χ1v) is 9.26. The first-order chi connectivity index (χ1) is 11.6. The van der Waals surface area contributed by atoms with E-state index in [2.05, 4.69) is 28.4 Å². The molecule has 0 amide bonds. The summed E-state index contributed by atoms with van der Waals surface area (Å²) in [4.78, 5) is 2.61. The van der Waals surface area contributed by atoms with E-state index in [0.29, 0.717) is 6.04 Å². The third kappa shape index (κ3) is 5.27. The molecule has 0 unspecified atom stereocenters. The zero-order valence-corrected chi connectivity index (χ0v) is 17.4. The number of hydrogen-bond acceptors (Lipinski definition) is 4. The summed E-state index contributed by atoms with van der Waals surface area (Å²) >= 11 is 0. The maximum Gasteiger partial charge on any atom is 0.120 e. The van der Waals surface area contributed by atoms with Crippen LogP contribution in [0.3, 0.4) is 0 Å². The third-order valence-electron chi connectivity index (χ3n) is 5.45. The molecule has 1 saturated carbocycles. The lowest BCUT2D eigenvalue weighted by Gasteiger charge is -2.42. The fraction of sp³-hybridized carbons (Fsp3) is 0.650. The van der Waals surface area contributed by atoms with Crippen molar-refractivity contribution in [2.75, 3.05) is 26.2 Å². The van der Waals surface area contributed by atoms with Crippen LogP contribution < -0.4 is 10.1 Å². The summed E-state index contributed by atoms with van der Waals surface area (Å²) in [5, 5.41) is 13.4. The van der Waals surface area contributed by atoms with Crippen LogP contribution in [0.4, 0.5) is 0 Å². The number of ether oxygens (including phenoxy) is 1. The van der Waals surface area contributed by atoms with Crippen LogP contribution in [0.2, 0.25) is 0 Å². The van der Waals surface area contributed by atoms with Crippen LogP contribution in [0.25, 0.3) is 0 Å². The molecule has 1 aliphatic heterocycles. The van der Waals surface area contributed by atoms with Crippen molar-refractivity contribution in [3.8, 4) is 11.8 Å². The third-order valence-corrected chi connectivity index (χ3v) is 5.45. The van der Waals surface area contributed by atoms with Gasteiger partial charge in [0.05, 0.1) is 17.6 Å². The van der Waals surface area contributed by atoms with E-state index in [0.717, 1.165) is 63.2 Å². The van der Waals surface area contributed by atoms with Crippen LogP contribution in [0.1, 0.15) is 45.1 Å². The fourth-order valence-electron chi connectivity index (χ4n) is 4.11.